The zero-order valence-electron chi connectivity index (χ0n) is 20.3. The van der Waals surface area contributed by atoms with Gasteiger partial charge in [-0.2, -0.15) is 12.6 Å². The smallest absolute Gasteiger partial charge is 0.326 e. The van der Waals surface area contributed by atoms with Gasteiger partial charge in [0, 0.05) is 18.8 Å². The standard InChI is InChI=1S/C19H37N11O6S/c20-9(8-37)14(32)28-10(3-1-5-26-18(22)23)15(33)30-12(7-13(21)31)16(34)29-11(17(35)36)4-2-6-27-19(24)25/h9-12,37H,1-8,20H2,(H2,21,31)(H,28,32)(H,29,34)(H,30,33)(H,35,36)(H4,22,23,26)(H4,24,25,27). The molecule has 0 saturated heterocycles. The summed E-state index contributed by atoms with van der Waals surface area (Å²) in [5, 5.41) is 16.5. The first kappa shape index (κ1) is 33.2. The minimum Gasteiger partial charge on any atom is -0.480 e. The number of guanidine groups is 2. The minimum absolute atomic E-state index is 0.000635. The Kier molecular flexibility index (Phi) is 15.8. The molecule has 0 aromatic heterocycles. The second kappa shape index (κ2) is 17.6. The molecule has 0 bridgehead atoms. The Hall–Kier alpha value is -3.80. The lowest BCUT2D eigenvalue weighted by molar-refractivity contribution is -0.142. The zero-order chi connectivity index (χ0) is 28.5. The predicted octanol–water partition coefficient (Wildman–Crippen LogP) is -5.23. The molecule has 0 saturated carbocycles. The first-order valence-electron chi connectivity index (χ1n) is 11.2. The van der Waals surface area contributed by atoms with Crippen molar-refractivity contribution in [3.05, 3.63) is 0 Å². The molecule has 4 amide bonds. The highest BCUT2D eigenvalue weighted by molar-refractivity contribution is 7.80. The number of thiol groups is 1. The zero-order valence-corrected chi connectivity index (χ0v) is 21.2. The van der Waals surface area contributed by atoms with Crippen LogP contribution in [0.4, 0.5) is 0 Å². The van der Waals surface area contributed by atoms with E-state index in [0.717, 1.165) is 0 Å². The van der Waals surface area contributed by atoms with Crippen LogP contribution >= 0.6 is 12.6 Å². The number of nitrogens with zero attached hydrogens (tertiary/aromatic N) is 2. The molecule has 16 N–H and O–H groups in total. The van der Waals surface area contributed by atoms with E-state index in [1.807, 2.05) is 0 Å². The van der Waals surface area contributed by atoms with Gasteiger partial charge in [0.2, 0.25) is 23.6 Å². The number of carboxylic acids is 1. The van der Waals surface area contributed by atoms with E-state index in [-0.39, 0.29) is 56.4 Å². The van der Waals surface area contributed by atoms with Crippen molar-refractivity contribution in [2.24, 2.45) is 44.4 Å². The molecule has 0 rings (SSSR count). The maximum atomic E-state index is 13.0. The van der Waals surface area contributed by atoms with Crippen LogP contribution in [0.15, 0.2) is 9.98 Å². The molecule has 0 aromatic rings. The SMILES string of the molecule is NC(=O)CC(NC(=O)C(CCCN=C(N)N)NC(=O)C(N)CS)C(=O)NC(CCCN=C(N)N)C(=O)O. The minimum atomic E-state index is -1.53. The number of rotatable bonds is 18. The van der Waals surface area contributed by atoms with E-state index in [2.05, 4.69) is 38.6 Å². The van der Waals surface area contributed by atoms with Crippen LogP contribution in [0.5, 0.6) is 0 Å². The van der Waals surface area contributed by atoms with Crippen molar-refractivity contribution in [3.8, 4) is 0 Å². The highest BCUT2D eigenvalue weighted by atomic mass is 32.1. The normalized spacial score (nSPS) is 13.7. The average molecular weight is 548 g/mol. The summed E-state index contributed by atoms with van der Waals surface area (Å²) >= 11 is 3.94. The van der Waals surface area contributed by atoms with Crippen LogP contribution in [-0.2, 0) is 24.0 Å². The van der Waals surface area contributed by atoms with Gasteiger partial charge in [-0.1, -0.05) is 0 Å². The third-order valence-corrected chi connectivity index (χ3v) is 5.10. The number of nitrogens with two attached hydrogens (primary N) is 6. The van der Waals surface area contributed by atoms with E-state index in [9.17, 15) is 29.1 Å². The molecule has 4 atom stereocenters. The Morgan fingerprint density at radius 2 is 1.16 bits per heavy atom. The van der Waals surface area contributed by atoms with Crippen molar-refractivity contribution in [1.82, 2.24) is 16.0 Å². The molecule has 0 aliphatic rings. The van der Waals surface area contributed by atoms with Gasteiger partial charge in [0.05, 0.1) is 12.5 Å². The van der Waals surface area contributed by atoms with E-state index < -0.39 is 60.2 Å². The van der Waals surface area contributed by atoms with Crippen LogP contribution in [0.25, 0.3) is 0 Å². The van der Waals surface area contributed by atoms with Crippen molar-refractivity contribution >= 4 is 54.1 Å². The number of carbonyl (C=O) groups excluding carboxylic acids is 4. The van der Waals surface area contributed by atoms with Gasteiger partial charge in [0.15, 0.2) is 11.9 Å². The third-order valence-electron chi connectivity index (χ3n) is 4.71. The molecule has 18 heteroatoms. The first-order valence-corrected chi connectivity index (χ1v) is 11.8. The summed E-state index contributed by atoms with van der Waals surface area (Å²) in [4.78, 5) is 68.6. The van der Waals surface area contributed by atoms with Crippen LogP contribution in [0.1, 0.15) is 32.1 Å². The third kappa shape index (κ3) is 15.0. The summed E-state index contributed by atoms with van der Waals surface area (Å²) < 4.78 is 0. The van der Waals surface area contributed by atoms with E-state index >= 15 is 0 Å². The molecule has 17 nitrogen and oxygen atoms in total. The predicted molar refractivity (Wildman–Crippen MR) is 139 cm³/mol. The van der Waals surface area contributed by atoms with Crippen LogP contribution in [0.2, 0.25) is 0 Å². The average Bonchev–Trinajstić information content (AvgIpc) is 2.80. The number of hydrogen-bond acceptors (Lipinski definition) is 9. The lowest BCUT2D eigenvalue weighted by atomic mass is 10.1. The first-order chi connectivity index (χ1) is 17.3. The molecular weight excluding hydrogens is 510 g/mol. The summed E-state index contributed by atoms with van der Waals surface area (Å²) in [5.74, 6) is -5.12. The maximum absolute atomic E-state index is 13.0. The molecule has 0 fully saturated rings. The molecule has 0 aromatic carbocycles. The maximum Gasteiger partial charge on any atom is 0.326 e. The molecule has 37 heavy (non-hydrogen) atoms. The number of aliphatic carboxylic acids is 1. The van der Waals surface area contributed by atoms with E-state index in [4.69, 9.17) is 34.4 Å². The Morgan fingerprint density at radius 1 is 0.730 bits per heavy atom. The molecule has 0 heterocycles. The van der Waals surface area contributed by atoms with E-state index in [1.165, 1.54) is 0 Å². The van der Waals surface area contributed by atoms with Crippen molar-refractivity contribution in [2.75, 3.05) is 18.8 Å². The molecule has 0 aliphatic carbocycles. The summed E-state index contributed by atoms with van der Waals surface area (Å²) in [5.41, 5.74) is 31.8. The summed E-state index contributed by atoms with van der Waals surface area (Å²) in [6, 6.07) is -5.10. The second-order valence-electron chi connectivity index (χ2n) is 7.88. The number of nitrogens with one attached hydrogen (secondary N) is 3. The highest BCUT2D eigenvalue weighted by Crippen LogP contribution is 2.04. The van der Waals surface area contributed by atoms with Crippen molar-refractivity contribution < 1.29 is 29.1 Å². The number of carboxylic acid groups (broad SMARTS) is 1. The quantitative estimate of drug-likeness (QED) is 0.0333. The van der Waals surface area contributed by atoms with Crippen LogP contribution in [0.3, 0.4) is 0 Å². The Bertz CT molecular complexity index is 861. The molecule has 0 spiro atoms. The van der Waals surface area contributed by atoms with E-state index in [1.54, 1.807) is 0 Å². The van der Waals surface area contributed by atoms with Crippen molar-refractivity contribution in [2.45, 2.75) is 56.3 Å². The number of aliphatic imine (C=N–C) groups is 2. The fourth-order valence-electron chi connectivity index (χ4n) is 2.85. The van der Waals surface area contributed by atoms with E-state index in [0.29, 0.717) is 0 Å². The van der Waals surface area contributed by atoms with Gasteiger partial charge >= 0.3 is 5.97 Å². The van der Waals surface area contributed by atoms with Crippen LogP contribution < -0.4 is 50.4 Å². The Labute approximate surface area is 219 Å². The summed E-state index contributed by atoms with van der Waals surface area (Å²) in [6.07, 6.45) is -0.156. The lowest BCUT2D eigenvalue weighted by Gasteiger charge is -2.24. The fourth-order valence-corrected chi connectivity index (χ4v) is 3.02. The monoisotopic (exact) mass is 547 g/mol. The van der Waals surface area contributed by atoms with Gasteiger partial charge in [-0.15, -0.1) is 0 Å². The van der Waals surface area contributed by atoms with Crippen LogP contribution in [0, 0.1) is 0 Å². The molecule has 0 aliphatic heterocycles. The van der Waals surface area contributed by atoms with Gasteiger partial charge in [0.1, 0.15) is 18.1 Å². The lowest BCUT2D eigenvalue weighted by Crippen LogP contribution is -2.58. The number of hydrogen-bond donors (Lipinski definition) is 11. The van der Waals surface area contributed by atoms with Gasteiger partial charge in [-0.3, -0.25) is 29.2 Å². The fraction of sp³-hybridized carbons (Fsp3) is 0.632. The number of amides is 4. The molecule has 210 valence electrons. The molecule has 0 radical (unpaired) electrons. The molecule has 4 unspecified atom stereocenters. The van der Waals surface area contributed by atoms with Crippen LogP contribution in [-0.4, -0.2) is 89.6 Å². The second-order valence-corrected chi connectivity index (χ2v) is 8.24. The van der Waals surface area contributed by atoms with Crippen molar-refractivity contribution in [3.63, 3.8) is 0 Å². The van der Waals surface area contributed by atoms with Gasteiger partial charge in [-0.25, -0.2) is 4.79 Å². The largest absolute Gasteiger partial charge is 0.480 e. The topological polar surface area (TPSA) is 323 Å². The summed E-state index contributed by atoms with van der Waals surface area (Å²) in [6.45, 7) is 0.269. The highest BCUT2D eigenvalue weighted by Gasteiger charge is 2.31. The number of primary amides is 1. The van der Waals surface area contributed by atoms with Gasteiger partial charge in [0.25, 0.3) is 0 Å². The Balaban J connectivity index is 5.53. The summed E-state index contributed by atoms with van der Waals surface area (Å²) in [7, 11) is 0. The molecular formula is C19H37N11O6S. The Morgan fingerprint density at radius 3 is 1.59 bits per heavy atom. The van der Waals surface area contributed by atoms with Crippen molar-refractivity contribution in [1.29, 1.82) is 0 Å². The van der Waals surface area contributed by atoms with Gasteiger partial charge in [-0.05, 0) is 25.7 Å². The van der Waals surface area contributed by atoms with Gasteiger partial charge < -0.3 is 55.5 Å². The number of carbonyl (C=O) groups is 5.